The van der Waals surface area contributed by atoms with Gasteiger partial charge in [0, 0.05) is 13.1 Å². The standard InChI is InChI=1S/C6H11N3O/c7-5-6(8)9-1-3-10-4-2-9/h6H,1-4,8H2. The molecule has 4 heteroatoms. The maximum Gasteiger partial charge on any atom is 0.148 e. The van der Waals surface area contributed by atoms with Crippen molar-refractivity contribution in [2.45, 2.75) is 6.17 Å². The van der Waals surface area contributed by atoms with E-state index >= 15 is 0 Å². The van der Waals surface area contributed by atoms with Gasteiger partial charge >= 0.3 is 0 Å². The van der Waals surface area contributed by atoms with E-state index in [-0.39, 0.29) is 0 Å². The summed E-state index contributed by atoms with van der Waals surface area (Å²) in [5.74, 6) is 0. The van der Waals surface area contributed by atoms with Gasteiger partial charge in [-0.05, 0) is 0 Å². The van der Waals surface area contributed by atoms with Gasteiger partial charge in [-0.1, -0.05) is 0 Å². The summed E-state index contributed by atoms with van der Waals surface area (Å²) in [6.07, 6.45) is -0.455. The van der Waals surface area contributed by atoms with Crippen LogP contribution in [0.2, 0.25) is 0 Å². The van der Waals surface area contributed by atoms with Gasteiger partial charge in [-0.3, -0.25) is 4.90 Å². The molecule has 0 aromatic rings. The van der Waals surface area contributed by atoms with E-state index in [9.17, 15) is 0 Å². The van der Waals surface area contributed by atoms with E-state index < -0.39 is 6.17 Å². The van der Waals surface area contributed by atoms with Crippen molar-refractivity contribution < 1.29 is 4.74 Å². The summed E-state index contributed by atoms with van der Waals surface area (Å²) in [6, 6.07) is 1.98. The van der Waals surface area contributed by atoms with Crippen LogP contribution in [0.3, 0.4) is 0 Å². The van der Waals surface area contributed by atoms with E-state index in [2.05, 4.69) is 0 Å². The molecule has 10 heavy (non-hydrogen) atoms. The highest BCUT2D eigenvalue weighted by Crippen LogP contribution is 1.97. The Morgan fingerprint density at radius 2 is 2.10 bits per heavy atom. The summed E-state index contributed by atoms with van der Waals surface area (Å²) >= 11 is 0. The van der Waals surface area contributed by atoms with Crippen LogP contribution in [0.4, 0.5) is 0 Å². The third-order valence-corrected chi connectivity index (χ3v) is 1.57. The van der Waals surface area contributed by atoms with Crippen molar-refractivity contribution in [3.63, 3.8) is 0 Å². The molecule has 0 radical (unpaired) electrons. The molecule has 0 bridgehead atoms. The molecular weight excluding hydrogens is 130 g/mol. The first-order chi connectivity index (χ1) is 4.84. The van der Waals surface area contributed by atoms with Crippen LogP contribution in [0, 0.1) is 11.3 Å². The monoisotopic (exact) mass is 141 g/mol. The zero-order chi connectivity index (χ0) is 7.40. The fourth-order valence-corrected chi connectivity index (χ4v) is 0.937. The van der Waals surface area contributed by atoms with E-state index in [1.54, 1.807) is 0 Å². The van der Waals surface area contributed by atoms with Gasteiger partial charge in [0.05, 0.1) is 19.3 Å². The fraction of sp³-hybridized carbons (Fsp3) is 0.833. The first-order valence-corrected chi connectivity index (χ1v) is 3.31. The number of nitriles is 1. The number of ether oxygens (including phenoxy) is 1. The van der Waals surface area contributed by atoms with Crippen LogP contribution in [-0.2, 0) is 4.74 Å². The predicted octanol–water partition coefficient (Wildman–Crippen LogP) is -0.873. The van der Waals surface area contributed by atoms with Crippen LogP contribution >= 0.6 is 0 Å². The number of hydrogen-bond donors (Lipinski definition) is 1. The highest BCUT2D eigenvalue weighted by atomic mass is 16.5. The molecule has 56 valence electrons. The van der Waals surface area contributed by atoms with E-state index in [0.717, 1.165) is 13.1 Å². The van der Waals surface area contributed by atoms with Gasteiger partial charge in [-0.2, -0.15) is 5.26 Å². The Hall–Kier alpha value is -0.630. The van der Waals surface area contributed by atoms with Crippen LogP contribution in [0.5, 0.6) is 0 Å². The Morgan fingerprint density at radius 1 is 1.50 bits per heavy atom. The zero-order valence-corrected chi connectivity index (χ0v) is 5.79. The molecule has 1 unspecified atom stereocenters. The van der Waals surface area contributed by atoms with Gasteiger partial charge in [0.2, 0.25) is 0 Å². The summed E-state index contributed by atoms with van der Waals surface area (Å²) in [5.41, 5.74) is 5.46. The van der Waals surface area contributed by atoms with Gasteiger partial charge < -0.3 is 10.5 Å². The first-order valence-electron chi connectivity index (χ1n) is 3.31. The molecule has 1 atom stereocenters. The lowest BCUT2D eigenvalue weighted by Gasteiger charge is -2.27. The molecule has 0 amide bonds. The highest BCUT2D eigenvalue weighted by molar-refractivity contribution is 4.87. The molecule has 0 aliphatic carbocycles. The third kappa shape index (κ3) is 1.67. The lowest BCUT2D eigenvalue weighted by molar-refractivity contribution is 0.0280. The van der Waals surface area contributed by atoms with Crippen molar-refractivity contribution in [3.8, 4) is 6.07 Å². The fourth-order valence-electron chi connectivity index (χ4n) is 0.937. The van der Waals surface area contributed by atoms with Crippen LogP contribution in [0.1, 0.15) is 0 Å². The van der Waals surface area contributed by atoms with Crippen molar-refractivity contribution in [2.75, 3.05) is 26.3 Å². The van der Waals surface area contributed by atoms with E-state index in [0.29, 0.717) is 13.2 Å². The second kappa shape index (κ2) is 3.52. The lowest BCUT2D eigenvalue weighted by Crippen LogP contribution is -2.47. The molecule has 1 heterocycles. The quantitative estimate of drug-likeness (QED) is 0.515. The van der Waals surface area contributed by atoms with Crippen LogP contribution in [0.15, 0.2) is 0 Å². The van der Waals surface area contributed by atoms with Crippen LogP contribution in [0.25, 0.3) is 0 Å². The second-order valence-corrected chi connectivity index (χ2v) is 2.22. The smallest absolute Gasteiger partial charge is 0.148 e. The van der Waals surface area contributed by atoms with Gasteiger partial charge in [-0.25, -0.2) is 0 Å². The summed E-state index contributed by atoms with van der Waals surface area (Å²) in [6.45, 7) is 2.92. The summed E-state index contributed by atoms with van der Waals surface area (Å²) < 4.78 is 5.09. The van der Waals surface area contributed by atoms with E-state index in [1.165, 1.54) is 0 Å². The maximum absolute atomic E-state index is 8.43. The molecule has 0 spiro atoms. The number of morpholine rings is 1. The molecular formula is C6H11N3O. The number of hydrogen-bond acceptors (Lipinski definition) is 4. The topological polar surface area (TPSA) is 62.3 Å². The summed E-state index contributed by atoms with van der Waals surface area (Å²) in [4.78, 5) is 1.91. The Labute approximate surface area is 60.2 Å². The Bertz CT molecular complexity index is 136. The lowest BCUT2D eigenvalue weighted by atomic mass is 10.4. The summed E-state index contributed by atoms with van der Waals surface area (Å²) in [7, 11) is 0. The van der Waals surface area contributed by atoms with Gasteiger partial charge in [0.15, 0.2) is 0 Å². The number of nitrogens with two attached hydrogens (primary N) is 1. The Balaban J connectivity index is 2.33. The average Bonchev–Trinajstić information content (AvgIpc) is 2.05. The van der Waals surface area contributed by atoms with Gasteiger partial charge in [0.1, 0.15) is 6.17 Å². The van der Waals surface area contributed by atoms with Gasteiger partial charge in [-0.15, -0.1) is 0 Å². The van der Waals surface area contributed by atoms with Gasteiger partial charge in [0.25, 0.3) is 0 Å². The minimum absolute atomic E-state index is 0.455. The minimum Gasteiger partial charge on any atom is -0.379 e. The number of nitrogens with zero attached hydrogens (tertiary/aromatic N) is 2. The average molecular weight is 141 g/mol. The van der Waals surface area contributed by atoms with Crippen molar-refractivity contribution >= 4 is 0 Å². The van der Waals surface area contributed by atoms with Crippen molar-refractivity contribution in [1.29, 1.82) is 5.26 Å². The summed E-state index contributed by atoms with van der Waals surface area (Å²) in [5, 5.41) is 8.43. The molecule has 0 aromatic carbocycles. The second-order valence-electron chi connectivity index (χ2n) is 2.22. The van der Waals surface area contributed by atoms with E-state index in [4.69, 9.17) is 15.7 Å². The maximum atomic E-state index is 8.43. The highest BCUT2D eigenvalue weighted by Gasteiger charge is 2.15. The molecule has 0 saturated carbocycles. The van der Waals surface area contributed by atoms with Crippen LogP contribution < -0.4 is 5.73 Å². The normalized spacial score (nSPS) is 23.6. The largest absolute Gasteiger partial charge is 0.379 e. The molecule has 1 aliphatic heterocycles. The molecule has 1 fully saturated rings. The molecule has 1 aliphatic rings. The predicted molar refractivity (Wildman–Crippen MR) is 36.0 cm³/mol. The minimum atomic E-state index is -0.455. The zero-order valence-electron chi connectivity index (χ0n) is 5.79. The van der Waals surface area contributed by atoms with Crippen molar-refractivity contribution in [1.82, 2.24) is 4.90 Å². The first kappa shape index (κ1) is 7.48. The molecule has 2 N–H and O–H groups in total. The van der Waals surface area contributed by atoms with E-state index in [1.807, 2.05) is 11.0 Å². The van der Waals surface area contributed by atoms with Crippen molar-refractivity contribution in [2.24, 2.45) is 5.73 Å². The third-order valence-electron chi connectivity index (χ3n) is 1.57. The Kier molecular flexibility index (Phi) is 2.63. The molecule has 1 saturated heterocycles. The van der Waals surface area contributed by atoms with Crippen LogP contribution in [-0.4, -0.2) is 37.4 Å². The molecule has 4 nitrogen and oxygen atoms in total. The number of rotatable bonds is 1. The molecule has 1 rings (SSSR count). The van der Waals surface area contributed by atoms with Crippen molar-refractivity contribution in [3.05, 3.63) is 0 Å². The SMILES string of the molecule is N#CC(N)N1CCOCC1. The molecule has 0 aromatic heterocycles. The Morgan fingerprint density at radius 3 is 2.60 bits per heavy atom.